The Kier molecular flexibility index (Phi) is 10.2. The topological polar surface area (TPSA) is 147 Å². The van der Waals surface area contributed by atoms with E-state index in [2.05, 4.69) is 5.32 Å². The summed E-state index contributed by atoms with van der Waals surface area (Å²) in [6.45, 7) is 3.18. The van der Waals surface area contributed by atoms with Crippen LogP contribution in [0.3, 0.4) is 0 Å². The summed E-state index contributed by atoms with van der Waals surface area (Å²) in [7, 11) is -2.67. The third kappa shape index (κ3) is 14.9. The number of aliphatic hydroxyl groups excluding tert-OH is 1. The molecular weight excluding hydrogens is 288 g/mol. The Morgan fingerprint density at radius 2 is 1.65 bits per heavy atom. The quantitative estimate of drug-likeness (QED) is 0.470. The molecule has 2 atom stereocenters. The molecule has 0 aromatic carbocycles. The van der Waals surface area contributed by atoms with Crippen molar-refractivity contribution < 1.29 is 28.2 Å². The van der Waals surface area contributed by atoms with E-state index in [1.165, 1.54) is 0 Å². The second-order valence-electron chi connectivity index (χ2n) is 4.96. The molecule has 2 unspecified atom stereocenters. The van der Waals surface area contributed by atoms with Crippen LogP contribution in [-0.4, -0.2) is 61.7 Å². The monoisotopic (exact) mass is 312 g/mol. The molecule has 0 aliphatic heterocycles. The number of nitrogens with two attached hydrogens (primary N) is 1. The highest BCUT2D eigenvalue weighted by atomic mass is 32.2. The summed E-state index contributed by atoms with van der Waals surface area (Å²) < 4.78 is 19.3. The predicted molar refractivity (Wildman–Crippen MR) is 74.9 cm³/mol. The number of carboxylic acids is 1. The van der Waals surface area contributed by atoms with Crippen LogP contribution in [-0.2, 0) is 19.4 Å². The van der Waals surface area contributed by atoms with Crippen LogP contribution in [0, 0.1) is 5.92 Å². The zero-order valence-corrected chi connectivity index (χ0v) is 13.0. The smallest absolute Gasteiger partial charge is 0.328 e. The lowest BCUT2D eigenvalue weighted by atomic mass is 10.0. The number of carbonyl (C=O) groups excluding carboxylic acids is 1. The molecule has 9 heteroatoms. The van der Waals surface area contributed by atoms with E-state index in [1.807, 2.05) is 13.8 Å². The molecule has 5 N–H and O–H groups in total. The first-order valence-corrected chi connectivity index (χ1v) is 8.23. The van der Waals surface area contributed by atoms with Crippen LogP contribution in [0.5, 0.6) is 0 Å². The van der Waals surface area contributed by atoms with E-state index in [9.17, 15) is 18.0 Å². The number of carbonyl (C=O) groups is 2. The number of rotatable bonds is 6. The van der Waals surface area contributed by atoms with Crippen LogP contribution in [0.4, 0.5) is 0 Å². The molecule has 0 heterocycles. The number of aliphatic hydroxyl groups is 1. The lowest BCUT2D eigenvalue weighted by Crippen LogP contribution is -2.50. The molecule has 0 saturated heterocycles. The van der Waals surface area contributed by atoms with Crippen molar-refractivity contribution in [1.29, 1.82) is 0 Å². The zero-order chi connectivity index (χ0) is 16.5. The van der Waals surface area contributed by atoms with Crippen LogP contribution in [0.1, 0.15) is 20.3 Å². The number of aliphatic carboxylic acids is 1. The van der Waals surface area contributed by atoms with Crippen LogP contribution < -0.4 is 11.1 Å². The fourth-order valence-corrected chi connectivity index (χ4v) is 1.08. The van der Waals surface area contributed by atoms with Gasteiger partial charge in [-0.05, 0) is 12.3 Å². The van der Waals surface area contributed by atoms with Gasteiger partial charge >= 0.3 is 5.97 Å². The molecule has 20 heavy (non-hydrogen) atoms. The van der Waals surface area contributed by atoms with Crippen LogP contribution in [0.25, 0.3) is 0 Å². The third-order valence-corrected chi connectivity index (χ3v) is 1.86. The molecule has 0 aromatic heterocycles. The minimum Gasteiger partial charge on any atom is -0.480 e. The van der Waals surface area contributed by atoms with E-state index in [0.29, 0.717) is 6.42 Å². The van der Waals surface area contributed by atoms with Crippen LogP contribution in [0.2, 0.25) is 0 Å². The zero-order valence-electron chi connectivity index (χ0n) is 12.2. The van der Waals surface area contributed by atoms with Crippen LogP contribution >= 0.6 is 0 Å². The van der Waals surface area contributed by atoms with Gasteiger partial charge in [0.1, 0.15) is 15.9 Å². The van der Waals surface area contributed by atoms with Crippen molar-refractivity contribution in [2.24, 2.45) is 11.7 Å². The van der Waals surface area contributed by atoms with Crippen molar-refractivity contribution in [1.82, 2.24) is 5.32 Å². The Labute approximate surface area is 119 Å². The summed E-state index contributed by atoms with van der Waals surface area (Å²) in [5.74, 6) is -1.57. The van der Waals surface area contributed by atoms with E-state index in [1.54, 1.807) is 0 Å². The van der Waals surface area contributed by atoms with Gasteiger partial charge in [-0.2, -0.15) is 0 Å². The highest BCUT2D eigenvalue weighted by Gasteiger charge is 2.22. The van der Waals surface area contributed by atoms with Crippen molar-refractivity contribution in [3.05, 3.63) is 0 Å². The minimum atomic E-state index is -2.67. The number of hydrogen-bond donors (Lipinski definition) is 4. The van der Waals surface area contributed by atoms with Gasteiger partial charge < -0.3 is 21.3 Å². The van der Waals surface area contributed by atoms with Gasteiger partial charge in [-0.1, -0.05) is 13.8 Å². The Bertz CT molecular complexity index is 399. The molecule has 120 valence electrons. The number of carboxylic acid groups (broad SMARTS) is 1. The van der Waals surface area contributed by atoms with Gasteiger partial charge in [0, 0.05) is 12.5 Å². The van der Waals surface area contributed by atoms with Gasteiger partial charge in [-0.15, -0.1) is 0 Å². The van der Waals surface area contributed by atoms with Gasteiger partial charge in [0.05, 0.1) is 12.6 Å². The lowest BCUT2D eigenvalue weighted by Gasteiger charge is -2.17. The lowest BCUT2D eigenvalue weighted by molar-refractivity contribution is -0.143. The minimum absolute atomic E-state index is 0.253. The first-order chi connectivity index (χ1) is 8.88. The normalized spacial score (nSPS) is 13.9. The molecule has 8 nitrogen and oxygen atoms in total. The molecule has 0 aliphatic rings. The second-order valence-corrected chi connectivity index (χ2v) is 7.25. The van der Waals surface area contributed by atoms with Gasteiger partial charge in [-0.3, -0.25) is 4.79 Å². The van der Waals surface area contributed by atoms with Gasteiger partial charge in [0.25, 0.3) is 0 Å². The maximum atomic E-state index is 11.3. The summed E-state index contributed by atoms with van der Waals surface area (Å²) in [5.41, 5.74) is 5.53. The fourth-order valence-electron chi connectivity index (χ4n) is 1.08. The molecule has 0 spiro atoms. The van der Waals surface area contributed by atoms with Gasteiger partial charge in [-0.25, -0.2) is 13.2 Å². The second kappa shape index (κ2) is 9.67. The van der Waals surface area contributed by atoms with E-state index in [-0.39, 0.29) is 5.92 Å². The van der Waals surface area contributed by atoms with E-state index in [4.69, 9.17) is 15.9 Å². The molecule has 0 aliphatic carbocycles. The van der Waals surface area contributed by atoms with E-state index in [0.717, 1.165) is 12.5 Å². The van der Waals surface area contributed by atoms with Crippen molar-refractivity contribution in [2.75, 3.05) is 19.1 Å². The number of hydrogen-bond acceptors (Lipinski definition) is 6. The van der Waals surface area contributed by atoms with Crippen molar-refractivity contribution in [2.45, 2.75) is 32.4 Å². The molecule has 0 aromatic rings. The summed E-state index contributed by atoms with van der Waals surface area (Å²) in [6, 6.07) is -2.02. The van der Waals surface area contributed by atoms with E-state index < -0.39 is 40.4 Å². The number of sulfone groups is 1. The largest absolute Gasteiger partial charge is 0.480 e. The molecule has 0 bridgehead atoms. The first kappa shape index (κ1) is 21.1. The standard InChI is InChI=1S/C9H18N2O4.C2H6O2S/c1-5(2)3-6(10)8(13)11-7(4-12)9(14)15;1-5(2,3)4/h5-7,12H,3-4,10H2,1-2H3,(H,11,13)(H,14,15);1-2H3. The Balaban J connectivity index is 0. The Morgan fingerprint density at radius 3 is 1.90 bits per heavy atom. The maximum Gasteiger partial charge on any atom is 0.328 e. The molecular formula is C11H24N2O6S. The molecule has 0 fully saturated rings. The SMILES string of the molecule is CC(C)CC(N)C(=O)NC(CO)C(=O)O.CS(C)(=O)=O. The highest BCUT2D eigenvalue weighted by molar-refractivity contribution is 7.89. The van der Waals surface area contributed by atoms with Crippen molar-refractivity contribution in [3.63, 3.8) is 0 Å². The average Bonchev–Trinajstić information content (AvgIpc) is 2.21. The maximum absolute atomic E-state index is 11.3. The number of nitrogens with one attached hydrogen (secondary N) is 1. The predicted octanol–water partition coefficient (Wildman–Crippen LogP) is -1.42. The fraction of sp³-hybridized carbons (Fsp3) is 0.818. The molecule has 0 radical (unpaired) electrons. The van der Waals surface area contributed by atoms with Crippen molar-refractivity contribution >= 4 is 21.7 Å². The first-order valence-electron chi connectivity index (χ1n) is 5.93. The molecule has 1 amide bonds. The van der Waals surface area contributed by atoms with Gasteiger partial charge in [0.2, 0.25) is 5.91 Å². The summed E-state index contributed by atoms with van der Waals surface area (Å²) in [4.78, 5) is 21.8. The number of amides is 1. The average molecular weight is 312 g/mol. The van der Waals surface area contributed by atoms with E-state index >= 15 is 0 Å². The van der Waals surface area contributed by atoms with Gasteiger partial charge in [0.15, 0.2) is 0 Å². The Hall–Kier alpha value is -1.19. The molecule has 0 rings (SSSR count). The molecule has 0 saturated carbocycles. The third-order valence-electron chi connectivity index (χ3n) is 1.86. The summed E-state index contributed by atoms with van der Waals surface area (Å²) in [5, 5.41) is 19.4. The highest BCUT2D eigenvalue weighted by Crippen LogP contribution is 2.02. The summed E-state index contributed by atoms with van der Waals surface area (Å²) >= 11 is 0. The Morgan fingerprint density at radius 1 is 1.25 bits per heavy atom. The van der Waals surface area contributed by atoms with Crippen LogP contribution in [0.15, 0.2) is 0 Å². The summed E-state index contributed by atoms with van der Waals surface area (Å²) in [6.07, 6.45) is 2.80. The van der Waals surface area contributed by atoms with Crippen molar-refractivity contribution in [3.8, 4) is 0 Å².